The smallest absolute Gasteiger partial charge is 0.258 e. The van der Waals surface area contributed by atoms with Gasteiger partial charge in [0.2, 0.25) is 0 Å². The fourth-order valence-electron chi connectivity index (χ4n) is 1.24. The summed E-state index contributed by atoms with van der Waals surface area (Å²) in [6.45, 7) is 0. The van der Waals surface area contributed by atoms with Crippen LogP contribution >= 0.6 is 0 Å². The molecule has 0 saturated carbocycles. The monoisotopic (exact) mass is 215 g/mol. The van der Waals surface area contributed by atoms with Crippen molar-refractivity contribution in [3.05, 3.63) is 54.0 Å². The molecule has 0 spiro atoms. The molecule has 1 heterocycles. The minimum Gasteiger partial charge on any atom is -0.472 e. The number of hydrogen-bond donors (Lipinski definition) is 1. The molecule has 2 aromatic rings. The van der Waals surface area contributed by atoms with Crippen molar-refractivity contribution in [2.75, 3.05) is 5.32 Å². The lowest BCUT2D eigenvalue weighted by atomic mass is 10.2. The maximum atomic E-state index is 11.6. The summed E-state index contributed by atoms with van der Waals surface area (Å²) < 4.78 is 4.80. The zero-order chi connectivity index (χ0) is 11.4. The van der Waals surface area contributed by atoms with Gasteiger partial charge in [-0.3, -0.25) is 9.59 Å². The van der Waals surface area contributed by atoms with Crippen LogP contribution in [0.5, 0.6) is 0 Å². The third-order valence-electron chi connectivity index (χ3n) is 2.09. The molecule has 1 amide bonds. The highest BCUT2D eigenvalue weighted by Crippen LogP contribution is 2.10. The average Bonchev–Trinajstić information content (AvgIpc) is 2.83. The summed E-state index contributed by atoms with van der Waals surface area (Å²) in [5.41, 5.74) is 1.66. The Hall–Kier alpha value is -2.36. The van der Waals surface area contributed by atoms with E-state index in [1.807, 2.05) is 0 Å². The van der Waals surface area contributed by atoms with Crippen LogP contribution in [-0.4, -0.2) is 12.2 Å². The van der Waals surface area contributed by atoms with Gasteiger partial charge in [0, 0.05) is 11.3 Å². The van der Waals surface area contributed by atoms with Crippen molar-refractivity contribution >= 4 is 17.9 Å². The van der Waals surface area contributed by atoms with Crippen molar-refractivity contribution in [1.82, 2.24) is 0 Å². The van der Waals surface area contributed by atoms with Gasteiger partial charge < -0.3 is 9.73 Å². The first kappa shape index (κ1) is 10.2. The molecule has 16 heavy (non-hydrogen) atoms. The summed E-state index contributed by atoms with van der Waals surface area (Å²) in [6, 6.07) is 8.19. The van der Waals surface area contributed by atoms with Crippen molar-refractivity contribution in [3.8, 4) is 0 Å². The Kier molecular flexibility index (Phi) is 2.82. The molecule has 0 radical (unpaired) electrons. The maximum absolute atomic E-state index is 11.6. The van der Waals surface area contributed by atoms with Crippen molar-refractivity contribution in [1.29, 1.82) is 0 Å². The highest BCUT2D eigenvalue weighted by atomic mass is 16.3. The minimum atomic E-state index is -0.243. The van der Waals surface area contributed by atoms with Gasteiger partial charge in [-0.15, -0.1) is 0 Å². The summed E-state index contributed by atoms with van der Waals surface area (Å²) in [7, 11) is 0. The highest BCUT2D eigenvalue weighted by Gasteiger charge is 2.06. The molecule has 0 atom stereocenters. The van der Waals surface area contributed by atoms with E-state index >= 15 is 0 Å². The Labute approximate surface area is 91.9 Å². The molecule has 0 aliphatic heterocycles. The van der Waals surface area contributed by atoms with Crippen LogP contribution < -0.4 is 5.32 Å². The van der Waals surface area contributed by atoms with Crippen LogP contribution in [0.1, 0.15) is 20.7 Å². The summed E-state index contributed by atoms with van der Waals surface area (Å²) in [5.74, 6) is -0.243. The fraction of sp³-hybridized carbons (Fsp3) is 0. The first-order valence-electron chi connectivity index (χ1n) is 4.68. The van der Waals surface area contributed by atoms with Crippen molar-refractivity contribution in [2.24, 2.45) is 0 Å². The molecule has 1 N–H and O–H groups in total. The molecule has 0 aliphatic carbocycles. The first-order valence-corrected chi connectivity index (χ1v) is 4.68. The molecule has 0 fully saturated rings. The molecule has 80 valence electrons. The molecule has 0 aliphatic rings. The molecule has 0 saturated heterocycles. The van der Waals surface area contributed by atoms with Crippen LogP contribution in [0.3, 0.4) is 0 Å². The molecular weight excluding hydrogens is 206 g/mol. The van der Waals surface area contributed by atoms with Crippen LogP contribution in [0.4, 0.5) is 5.69 Å². The second-order valence-electron chi connectivity index (χ2n) is 3.21. The van der Waals surface area contributed by atoms with E-state index < -0.39 is 0 Å². The summed E-state index contributed by atoms with van der Waals surface area (Å²) in [5, 5.41) is 2.68. The van der Waals surface area contributed by atoms with Gasteiger partial charge in [0.05, 0.1) is 11.8 Å². The molecule has 0 unspecified atom stereocenters. The predicted molar refractivity (Wildman–Crippen MR) is 58.5 cm³/mol. The van der Waals surface area contributed by atoms with Gasteiger partial charge in [-0.1, -0.05) is 0 Å². The van der Waals surface area contributed by atoms with E-state index in [1.54, 1.807) is 30.3 Å². The Bertz CT molecular complexity index is 485. The standard InChI is InChI=1S/C12H9NO3/c14-7-9-1-3-11(4-2-9)13-12(15)10-5-6-16-8-10/h1-8H,(H,13,15). The van der Waals surface area contributed by atoms with Gasteiger partial charge in [-0.2, -0.15) is 0 Å². The van der Waals surface area contributed by atoms with Crippen LogP contribution in [0.25, 0.3) is 0 Å². The van der Waals surface area contributed by atoms with Gasteiger partial charge in [-0.25, -0.2) is 0 Å². The Morgan fingerprint density at radius 1 is 1.19 bits per heavy atom. The Morgan fingerprint density at radius 2 is 1.94 bits per heavy atom. The van der Waals surface area contributed by atoms with Crippen LogP contribution in [0.2, 0.25) is 0 Å². The van der Waals surface area contributed by atoms with Crippen molar-refractivity contribution in [2.45, 2.75) is 0 Å². The lowest BCUT2D eigenvalue weighted by Crippen LogP contribution is -2.10. The van der Waals surface area contributed by atoms with Gasteiger partial charge in [0.1, 0.15) is 12.5 Å². The summed E-state index contributed by atoms with van der Waals surface area (Å²) in [4.78, 5) is 22.0. The largest absolute Gasteiger partial charge is 0.472 e. The van der Waals surface area contributed by atoms with E-state index in [1.165, 1.54) is 12.5 Å². The molecule has 0 bridgehead atoms. The normalized spacial score (nSPS) is 9.75. The van der Waals surface area contributed by atoms with E-state index in [4.69, 9.17) is 4.42 Å². The maximum Gasteiger partial charge on any atom is 0.258 e. The highest BCUT2D eigenvalue weighted by molar-refractivity contribution is 6.04. The van der Waals surface area contributed by atoms with E-state index in [0.29, 0.717) is 16.8 Å². The average molecular weight is 215 g/mol. The summed E-state index contributed by atoms with van der Waals surface area (Å²) >= 11 is 0. The van der Waals surface area contributed by atoms with E-state index in [2.05, 4.69) is 5.32 Å². The molecular formula is C12H9NO3. The Morgan fingerprint density at radius 3 is 2.50 bits per heavy atom. The number of anilines is 1. The number of hydrogen-bond acceptors (Lipinski definition) is 3. The number of nitrogens with one attached hydrogen (secondary N) is 1. The number of benzene rings is 1. The second-order valence-corrected chi connectivity index (χ2v) is 3.21. The zero-order valence-electron chi connectivity index (χ0n) is 8.34. The van der Waals surface area contributed by atoms with Crippen LogP contribution in [-0.2, 0) is 0 Å². The van der Waals surface area contributed by atoms with Gasteiger partial charge in [0.25, 0.3) is 5.91 Å². The van der Waals surface area contributed by atoms with Crippen molar-refractivity contribution in [3.63, 3.8) is 0 Å². The Balaban J connectivity index is 2.09. The third-order valence-corrected chi connectivity index (χ3v) is 2.09. The van der Waals surface area contributed by atoms with Gasteiger partial charge in [-0.05, 0) is 30.3 Å². The molecule has 2 rings (SSSR count). The molecule has 1 aromatic heterocycles. The first-order chi connectivity index (χ1) is 7.79. The van der Waals surface area contributed by atoms with E-state index in [-0.39, 0.29) is 5.91 Å². The summed E-state index contributed by atoms with van der Waals surface area (Å²) in [6.07, 6.45) is 3.56. The lowest BCUT2D eigenvalue weighted by molar-refractivity contribution is 0.102. The molecule has 4 nitrogen and oxygen atoms in total. The lowest BCUT2D eigenvalue weighted by Gasteiger charge is -2.02. The van der Waals surface area contributed by atoms with Gasteiger partial charge >= 0.3 is 0 Å². The number of amides is 1. The zero-order valence-corrected chi connectivity index (χ0v) is 8.34. The van der Waals surface area contributed by atoms with Crippen LogP contribution in [0.15, 0.2) is 47.3 Å². The number of aldehydes is 1. The second kappa shape index (κ2) is 4.44. The quantitative estimate of drug-likeness (QED) is 0.799. The number of carbonyl (C=O) groups is 2. The predicted octanol–water partition coefficient (Wildman–Crippen LogP) is 2.34. The fourth-order valence-corrected chi connectivity index (χ4v) is 1.24. The van der Waals surface area contributed by atoms with E-state index in [0.717, 1.165) is 6.29 Å². The number of rotatable bonds is 3. The molecule has 1 aromatic carbocycles. The van der Waals surface area contributed by atoms with E-state index in [9.17, 15) is 9.59 Å². The topological polar surface area (TPSA) is 59.3 Å². The van der Waals surface area contributed by atoms with Crippen molar-refractivity contribution < 1.29 is 14.0 Å². The van der Waals surface area contributed by atoms with Crippen LogP contribution in [0, 0.1) is 0 Å². The van der Waals surface area contributed by atoms with Gasteiger partial charge in [0.15, 0.2) is 0 Å². The number of furan rings is 1. The number of carbonyl (C=O) groups excluding carboxylic acids is 2. The minimum absolute atomic E-state index is 0.243. The SMILES string of the molecule is O=Cc1ccc(NC(=O)c2ccoc2)cc1. The third kappa shape index (κ3) is 2.17. The molecule has 4 heteroatoms.